The number of rotatable bonds is 5. The van der Waals surface area contributed by atoms with E-state index in [2.05, 4.69) is 5.32 Å². The van der Waals surface area contributed by atoms with E-state index in [1.807, 2.05) is 20.8 Å². The molecule has 7 heteroatoms. The predicted molar refractivity (Wildman–Crippen MR) is 95.1 cm³/mol. The van der Waals surface area contributed by atoms with Crippen LogP contribution < -0.4 is 5.32 Å². The summed E-state index contributed by atoms with van der Waals surface area (Å²) in [6.07, 6.45) is 0.992. The van der Waals surface area contributed by atoms with Crippen molar-refractivity contribution in [3.8, 4) is 0 Å². The average molecular weight is 370 g/mol. The molecule has 0 bridgehead atoms. The second-order valence-corrected chi connectivity index (χ2v) is 9.04. The van der Waals surface area contributed by atoms with Gasteiger partial charge in [-0.05, 0) is 56.4 Å². The largest absolute Gasteiger partial charge is 0.353 e. The van der Waals surface area contributed by atoms with Gasteiger partial charge in [0.25, 0.3) is 0 Å². The van der Waals surface area contributed by atoms with Gasteiger partial charge in [-0.3, -0.25) is 4.79 Å². The lowest BCUT2D eigenvalue weighted by molar-refractivity contribution is -0.127. The average Bonchev–Trinajstić information content (AvgIpc) is 2.54. The molecule has 1 fully saturated rings. The number of hydrogen-bond acceptors (Lipinski definition) is 3. The van der Waals surface area contributed by atoms with Crippen LogP contribution in [0.4, 0.5) is 4.39 Å². The van der Waals surface area contributed by atoms with Crippen molar-refractivity contribution in [3.05, 3.63) is 29.6 Å². The number of benzene rings is 1. The highest BCUT2D eigenvalue weighted by molar-refractivity contribution is 7.89. The van der Waals surface area contributed by atoms with Crippen LogP contribution in [0.15, 0.2) is 23.1 Å². The van der Waals surface area contributed by atoms with Gasteiger partial charge in [-0.2, -0.15) is 4.31 Å². The zero-order valence-electron chi connectivity index (χ0n) is 15.3. The highest BCUT2D eigenvalue weighted by atomic mass is 32.2. The lowest BCUT2D eigenvalue weighted by Gasteiger charge is -2.31. The molecule has 0 aromatic heterocycles. The van der Waals surface area contributed by atoms with Crippen LogP contribution >= 0.6 is 0 Å². The molecule has 2 rings (SSSR count). The molecule has 0 unspecified atom stereocenters. The number of halogens is 1. The molecule has 1 saturated heterocycles. The molecule has 1 aromatic rings. The lowest BCUT2D eigenvalue weighted by atomic mass is 9.96. The zero-order valence-corrected chi connectivity index (χ0v) is 16.1. The lowest BCUT2D eigenvalue weighted by Crippen LogP contribution is -2.45. The quantitative estimate of drug-likeness (QED) is 0.867. The summed E-state index contributed by atoms with van der Waals surface area (Å²) in [5, 5.41) is 3.00. The monoisotopic (exact) mass is 370 g/mol. The molecule has 0 spiro atoms. The molecule has 1 N–H and O–H groups in total. The van der Waals surface area contributed by atoms with Crippen molar-refractivity contribution >= 4 is 15.9 Å². The maximum Gasteiger partial charge on any atom is 0.243 e. The van der Waals surface area contributed by atoms with Gasteiger partial charge in [0, 0.05) is 25.0 Å². The van der Waals surface area contributed by atoms with Crippen LogP contribution in [0.3, 0.4) is 0 Å². The van der Waals surface area contributed by atoms with E-state index in [4.69, 9.17) is 0 Å². The molecular weight excluding hydrogens is 343 g/mol. The Hall–Kier alpha value is -1.47. The molecule has 0 aliphatic carbocycles. The van der Waals surface area contributed by atoms with E-state index in [-0.39, 0.29) is 22.8 Å². The molecule has 5 nitrogen and oxygen atoms in total. The third-order valence-corrected chi connectivity index (χ3v) is 7.01. The Morgan fingerprint density at radius 3 is 2.36 bits per heavy atom. The topological polar surface area (TPSA) is 66.5 Å². The van der Waals surface area contributed by atoms with Gasteiger partial charge in [0.1, 0.15) is 5.82 Å². The van der Waals surface area contributed by atoms with Crippen molar-refractivity contribution < 1.29 is 17.6 Å². The number of carbonyl (C=O) groups is 1. The number of piperidine rings is 1. The number of carbonyl (C=O) groups excluding carboxylic acids is 1. The van der Waals surface area contributed by atoms with Gasteiger partial charge in [-0.25, -0.2) is 12.8 Å². The van der Waals surface area contributed by atoms with Crippen LogP contribution in [-0.4, -0.2) is 37.8 Å². The Morgan fingerprint density at radius 1 is 1.24 bits per heavy atom. The second kappa shape index (κ2) is 7.83. The van der Waals surface area contributed by atoms with Crippen molar-refractivity contribution in [3.63, 3.8) is 0 Å². The minimum atomic E-state index is -3.66. The number of amides is 1. The summed E-state index contributed by atoms with van der Waals surface area (Å²) in [5.74, 6) is -0.268. The number of aryl methyl sites for hydroxylation is 1. The van der Waals surface area contributed by atoms with Gasteiger partial charge in [-0.1, -0.05) is 13.8 Å². The Labute approximate surface area is 149 Å². The molecule has 1 amide bonds. The summed E-state index contributed by atoms with van der Waals surface area (Å²) in [6, 6.07) is 3.78. The SMILES string of the molecule is Cc1cc(F)ccc1S(=O)(=O)N1CCC(C(=O)N[C@H](C)C(C)C)CC1. The van der Waals surface area contributed by atoms with Crippen LogP contribution in [0.5, 0.6) is 0 Å². The van der Waals surface area contributed by atoms with E-state index in [0.717, 1.165) is 6.07 Å². The molecule has 0 radical (unpaired) electrons. The molecule has 1 atom stereocenters. The molecule has 1 aliphatic heterocycles. The van der Waals surface area contributed by atoms with Crippen LogP contribution in [0.2, 0.25) is 0 Å². The summed E-state index contributed by atoms with van der Waals surface area (Å²) < 4.78 is 40.1. The van der Waals surface area contributed by atoms with E-state index >= 15 is 0 Å². The Balaban J connectivity index is 2.02. The fourth-order valence-corrected chi connectivity index (χ4v) is 4.58. The van der Waals surface area contributed by atoms with E-state index < -0.39 is 15.8 Å². The molecular formula is C18H27FN2O3S. The predicted octanol–water partition coefficient (Wildman–Crippen LogP) is 2.70. The molecule has 1 aromatic carbocycles. The normalized spacial score (nSPS) is 18.3. The molecule has 1 aliphatic rings. The van der Waals surface area contributed by atoms with Gasteiger partial charge < -0.3 is 5.32 Å². The number of nitrogens with one attached hydrogen (secondary N) is 1. The summed E-state index contributed by atoms with van der Waals surface area (Å²) in [7, 11) is -3.66. The number of nitrogens with zero attached hydrogens (tertiary/aromatic N) is 1. The van der Waals surface area contributed by atoms with E-state index in [1.165, 1.54) is 16.4 Å². The van der Waals surface area contributed by atoms with E-state index in [0.29, 0.717) is 37.4 Å². The standard InChI is InChI=1S/C18H27FN2O3S/c1-12(2)14(4)20-18(22)15-7-9-21(10-8-15)25(23,24)17-6-5-16(19)11-13(17)3/h5-6,11-12,14-15H,7-10H2,1-4H3,(H,20,22)/t14-/m1/s1. The van der Waals surface area contributed by atoms with Gasteiger partial charge in [0.15, 0.2) is 0 Å². The highest BCUT2D eigenvalue weighted by Gasteiger charge is 2.33. The van der Waals surface area contributed by atoms with E-state index in [9.17, 15) is 17.6 Å². The van der Waals surface area contributed by atoms with Crippen LogP contribution in [0.1, 0.15) is 39.2 Å². The summed E-state index contributed by atoms with van der Waals surface area (Å²) in [5.41, 5.74) is 0.394. The number of sulfonamides is 1. The van der Waals surface area contributed by atoms with Gasteiger partial charge >= 0.3 is 0 Å². The van der Waals surface area contributed by atoms with Crippen molar-refractivity contribution in [1.82, 2.24) is 9.62 Å². The Bertz CT molecular complexity index is 726. The fourth-order valence-electron chi connectivity index (χ4n) is 2.91. The summed E-state index contributed by atoms with van der Waals surface area (Å²) in [4.78, 5) is 12.4. The molecule has 140 valence electrons. The summed E-state index contributed by atoms with van der Waals surface area (Å²) in [6.45, 7) is 8.25. The molecule has 0 saturated carbocycles. The number of hydrogen-bond donors (Lipinski definition) is 1. The second-order valence-electron chi connectivity index (χ2n) is 7.13. The van der Waals surface area contributed by atoms with Crippen molar-refractivity contribution in [1.29, 1.82) is 0 Å². The first-order valence-corrected chi connectivity index (χ1v) is 10.1. The first kappa shape index (κ1) is 19.8. The van der Waals surface area contributed by atoms with E-state index in [1.54, 1.807) is 6.92 Å². The first-order valence-electron chi connectivity index (χ1n) is 8.69. The van der Waals surface area contributed by atoms with Crippen LogP contribution in [0.25, 0.3) is 0 Å². The van der Waals surface area contributed by atoms with Crippen molar-refractivity contribution in [2.24, 2.45) is 11.8 Å². The Morgan fingerprint density at radius 2 is 1.84 bits per heavy atom. The minimum absolute atomic E-state index is 0.00351. The highest BCUT2D eigenvalue weighted by Crippen LogP contribution is 2.26. The Kier molecular flexibility index (Phi) is 6.21. The third-order valence-electron chi connectivity index (χ3n) is 4.95. The molecule has 25 heavy (non-hydrogen) atoms. The smallest absolute Gasteiger partial charge is 0.243 e. The van der Waals surface area contributed by atoms with Gasteiger partial charge in [0.2, 0.25) is 15.9 Å². The van der Waals surface area contributed by atoms with Crippen molar-refractivity contribution in [2.45, 2.75) is 51.5 Å². The zero-order chi connectivity index (χ0) is 18.8. The van der Waals surface area contributed by atoms with Gasteiger partial charge in [0.05, 0.1) is 4.90 Å². The summed E-state index contributed by atoms with van der Waals surface area (Å²) >= 11 is 0. The maximum absolute atomic E-state index is 13.2. The van der Waals surface area contributed by atoms with Crippen molar-refractivity contribution in [2.75, 3.05) is 13.1 Å². The molecule has 1 heterocycles. The third kappa shape index (κ3) is 4.58. The van der Waals surface area contributed by atoms with Crippen LogP contribution in [-0.2, 0) is 14.8 Å². The minimum Gasteiger partial charge on any atom is -0.353 e. The van der Waals surface area contributed by atoms with Crippen LogP contribution in [0, 0.1) is 24.6 Å². The maximum atomic E-state index is 13.2. The van der Waals surface area contributed by atoms with Gasteiger partial charge in [-0.15, -0.1) is 0 Å². The fraction of sp³-hybridized carbons (Fsp3) is 0.611. The first-order chi connectivity index (χ1) is 11.6.